The van der Waals surface area contributed by atoms with Gasteiger partial charge in [0.05, 0.1) is 23.4 Å². The molecule has 1 aliphatic rings. The van der Waals surface area contributed by atoms with Crippen LogP contribution < -0.4 is 16.6 Å². The predicted octanol–water partition coefficient (Wildman–Crippen LogP) is 2.96. The molecule has 2 aromatic heterocycles. The topological polar surface area (TPSA) is 130 Å². The summed E-state index contributed by atoms with van der Waals surface area (Å²) >= 11 is 1.38. The van der Waals surface area contributed by atoms with Gasteiger partial charge in [-0.2, -0.15) is 0 Å². The van der Waals surface area contributed by atoms with Crippen molar-refractivity contribution in [2.24, 2.45) is 5.73 Å². The van der Waals surface area contributed by atoms with Gasteiger partial charge < -0.3 is 25.7 Å². The van der Waals surface area contributed by atoms with Gasteiger partial charge in [0.15, 0.2) is 6.29 Å². The van der Waals surface area contributed by atoms with Gasteiger partial charge in [-0.25, -0.2) is 4.98 Å². The lowest BCUT2D eigenvalue weighted by atomic mass is 9.96. The third-order valence-electron chi connectivity index (χ3n) is 6.53. The van der Waals surface area contributed by atoms with Gasteiger partial charge in [-0.05, 0) is 34.7 Å². The highest BCUT2D eigenvalue weighted by Gasteiger charge is 2.21. The van der Waals surface area contributed by atoms with Crippen molar-refractivity contribution in [3.63, 3.8) is 0 Å². The number of aromatic amines is 1. The van der Waals surface area contributed by atoms with Crippen molar-refractivity contribution in [1.29, 1.82) is 0 Å². The largest absolute Gasteiger partial charge is 0.395 e. The van der Waals surface area contributed by atoms with Gasteiger partial charge >= 0.3 is 0 Å². The third-order valence-corrected chi connectivity index (χ3v) is 7.61. The van der Waals surface area contributed by atoms with Crippen LogP contribution in [0.5, 0.6) is 0 Å². The van der Waals surface area contributed by atoms with E-state index in [0.717, 1.165) is 34.5 Å². The van der Waals surface area contributed by atoms with E-state index in [1.54, 1.807) is 13.2 Å². The molecule has 1 amide bonds. The number of H-pyrrole nitrogens is 1. The van der Waals surface area contributed by atoms with E-state index in [1.807, 2.05) is 47.4 Å². The van der Waals surface area contributed by atoms with Crippen LogP contribution in [-0.2, 0) is 29.0 Å². The normalized spacial score (nSPS) is 13.7. The molecule has 0 fully saturated rings. The Hall–Kier alpha value is -4.28. The lowest BCUT2D eigenvalue weighted by Gasteiger charge is -2.33. The van der Waals surface area contributed by atoms with Crippen molar-refractivity contribution in [1.82, 2.24) is 20.2 Å². The molecule has 5 rings (SSSR count). The van der Waals surface area contributed by atoms with Gasteiger partial charge in [0.1, 0.15) is 4.83 Å². The van der Waals surface area contributed by atoms with Crippen LogP contribution in [0.3, 0.4) is 0 Å². The number of hydrogen-bond donors (Lipinski definition) is 3. The number of nitrogens with one attached hydrogen (secondary N) is 2. The summed E-state index contributed by atoms with van der Waals surface area (Å²) in [5.41, 5.74) is 10.6. The van der Waals surface area contributed by atoms with Crippen LogP contribution in [0.1, 0.15) is 27.3 Å². The second-order valence-corrected chi connectivity index (χ2v) is 10.1. The minimum absolute atomic E-state index is 0.0215. The lowest BCUT2D eigenvalue weighted by molar-refractivity contribution is -0.105. The maximum Gasteiger partial charge on any atom is 0.287 e. The first-order valence-electron chi connectivity index (χ1n) is 12.1. The summed E-state index contributed by atoms with van der Waals surface area (Å²) in [4.78, 5) is 47.3. The van der Waals surface area contributed by atoms with Gasteiger partial charge in [-0.15, -0.1) is 11.3 Å². The second kappa shape index (κ2) is 11.0. The Morgan fingerprint density at radius 2 is 2.03 bits per heavy atom. The van der Waals surface area contributed by atoms with Crippen LogP contribution in [0.25, 0.3) is 20.7 Å². The van der Waals surface area contributed by atoms with Gasteiger partial charge in [0, 0.05) is 31.6 Å². The first-order valence-corrected chi connectivity index (χ1v) is 12.9. The fourth-order valence-corrected chi connectivity index (χ4v) is 5.60. The summed E-state index contributed by atoms with van der Waals surface area (Å²) in [7, 11) is 1.57. The zero-order chi connectivity index (χ0) is 26.6. The highest BCUT2D eigenvalue weighted by Crippen LogP contribution is 2.30. The Balaban J connectivity index is 1.31. The average Bonchev–Trinajstić information content (AvgIpc) is 3.39. The number of benzene rings is 2. The van der Waals surface area contributed by atoms with Gasteiger partial charge in [0.25, 0.3) is 11.5 Å². The van der Waals surface area contributed by atoms with Crippen LogP contribution >= 0.6 is 11.3 Å². The van der Waals surface area contributed by atoms with Gasteiger partial charge in [-0.1, -0.05) is 48.5 Å². The summed E-state index contributed by atoms with van der Waals surface area (Å²) in [6.45, 7) is 1.83. The second-order valence-electron chi connectivity index (χ2n) is 9.02. The highest BCUT2D eigenvalue weighted by molar-refractivity contribution is 7.21. The van der Waals surface area contributed by atoms with E-state index in [2.05, 4.69) is 21.4 Å². The fourth-order valence-electron chi connectivity index (χ4n) is 4.56. The smallest absolute Gasteiger partial charge is 0.287 e. The average molecular weight is 530 g/mol. The van der Waals surface area contributed by atoms with Crippen molar-refractivity contribution >= 4 is 33.7 Å². The Labute approximate surface area is 223 Å². The van der Waals surface area contributed by atoms with Crippen molar-refractivity contribution in [3.05, 3.63) is 98.9 Å². The Kier molecular flexibility index (Phi) is 7.34. The molecule has 0 spiro atoms. The number of allylic oxidation sites excluding steroid dienone is 1. The first-order chi connectivity index (χ1) is 18.5. The number of thiophene rings is 1. The summed E-state index contributed by atoms with van der Waals surface area (Å²) in [5, 5.41) is 3.32. The van der Waals surface area contributed by atoms with E-state index in [-0.39, 0.29) is 30.2 Å². The minimum Gasteiger partial charge on any atom is -0.395 e. The lowest BCUT2D eigenvalue weighted by Crippen LogP contribution is -2.34. The maximum atomic E-state index is 12.9. The number of hydrogen-bond acceptors (Lipinski definition) is 8. The molecule has 9 nitrogen and oxygen atoms in total. The van der Waals surface area contributed by atoms with Crippen molar-refractivity contribution in [2.45, 2.75) is 19.5 Å². The molecule has 0 saturated carbocycles. The van der Waals surface area contributed by atoms with Crippen LogP contribution in [0.2, 0.25) is 0 Å². The first kappa shape index (κ1) is 25.4. The molecule has 194 valence electrons. The molecule has 0 atom stereocenters. The van der Waals surface area contributed by atoms with Crippen LogP contribution in [0.15, 0.2) is 70.8 Å². The molecule has 1 aliphatic heterocycles. The molecule has 2 aromatic carbocycles. The molecule has 38 heavy (non-hydrogen) atoms. The highest BCUT2D eigenvalue weighted by atomic mass is 32.1. The number of carbonyl (C=O) groups excluding carboxylic acids is 2. The molecule has 4 aromatic rings. The van der Waals surface area contributed by atoms with E-state index in [1.165, 1.54) is 16.9 Å². The zero-order valence-corrected chi connectivity index (χ0v) is 21.6. The number of methoxy groups -OCH3 is 1. The summed E-state index contributed by atoms with van der Waals surface area (Å²) in [6, 6.07) is 17.6. The Bertz CT molecular complexity index is 1590. The summed E-state index contributed by atoms with van der Waals surface area (Å²) < 4.78 is 5.24. The predicted molar refractivity (Wildman–Crippen MR) is 147 cm³/mol. The maximum absolute atomic E-state index is 12.9. The molecule has 3 heterocycles. The quantitative estimate of drug-likeness (QED) is 0.236. The number of ether oxygens (including phenoxy) is 1. The molecular weight excluding hydrogens is 502 g/mol. The summed E-state index contributed by atoms with van der Waals surface area (Å²) in [6.07, 6.45) is 1.45. The van der Waals surface area contributed by atoms with E-state index in [9.17, 15) is 14.4 Å². The number of rotatable bonds is 8. The number of aldehydes is 1. The van der Waals surface area contributed by atoms with E-state index >= 15 is 0 Å². The molecule has 0 aliphatic carbocycles. The van der Waals surface area contributed by atoms with Crippen LogP contribution in [-0.4, -0.2) is 47.3 Å². The molecule has 0 saturated heterocycles. The fraction of sp³-hybridized carbons (Fsp3) is 0.214. The number of aromatic nitrogens is 2. The zero-order valence-electron chi connectivity index (χ0n) is 20.8. The van der Waals surface area contributed by atoms with Crippen molar-refractivity contribution in [2.75, 3.05) is 20.3 Å². The summed E-state index contributed by atoms with van der Waals surface area (Å²) in [5.74, 6) is -0.478. The standard InChI is InChI=1S/C28H27N5O4S/c1-37-16-23(22(29)15-34)33-10-9-18-8-7-17(11-20(18)14-33)13-30-27(36)25-31-26(35)21-12-24(38-28(21)32-25)19-5-3-2-4-6-19/h2-8,11-12,15H,9-10,13-14,16,29H2,1H3,(H,30,36)(H,31,32,35)/b23-22-. The third kappa shape index (κ3) is 5.22. The monoisotopic (exact) mass is 529 g/mol. The molecule has 0 bridgehead atoms. The van der Waals surface area contributed by atoms with Crippen molar-refractivity contribution in [3.8, 4) is 10.4 Å². The number of nitrogens with two attached hydrogens (primary N) is 1. The minimum atomic E-state index is -0.456. The Morgan fingerprint density at radius 1 is 1.21 bits per heavy atom. The van der Waals surface area contributed by atoms with Gasteiger partial charge in [-0.3, -0.25) is 14.4 Å². The van der Waals surface area contributed by atoms with Crippen LogP contribution in [0.4, 0.5) is 0 Å². The Morgan fingerprint density at radius 3 is 2.79 bits per heavy atom. The number of nitrogens with zero attached hydrogens (tertiary/aromatic N) is 2. The molecule has 4 N–H and O–H groups in total. The van der Waals surface area contributed by atoms with Gasteiger partial charge in [0.2, 0.25) is 5.82 Å². The van der Waals surface area contributed by atoms with Crippen LogP contribution in [0, 0.1) is 0 Å². The molecule has 10 heteroatoms. The molecule has 0 unspecified atom stereocenters. The number of fused-ring (bicyclic) bond motifs is 2. The van der Waals surface area contributed by atoms with E-state index in [4.69, 9.17) is 10.5 Å². The van der Waals surface area contributed by atoms with Crippen molar-refractivity contribution < 1.29 is 14.3 Å². The van der Waals surface area contributed by atoms with E-state index < -0.39 is 5.91 Å². The van der Waals surface area contributed by atoms with E-state index in [0.29, 0.717) is 28.7 Å². The SMILES string of the molecule is COC/C(=C(/N)C=O)N1CCc2ccc(CNC(=O)c3nc4sc(-c5ccccc5)cc4c(=O)[nH]3)cc2C1. The molecular formula is C28H27N5O4S. The molecule has 0 radical (unpaired) electrons. The number of amides is 1. The number of carbonyl (C=O) groups is 2.